The molecule has 0 heterocycles. The third kappa shape index (κ3) is 8.26. The summed E-state index contributed by atoms with van der Waals surface area (Å²) in [6.07, 6.45) is 4.45. The van der Waals surface area contributed by atoms with E-state index in [2.05, 4.69) is 10.6 Å². The zero-order chi connectivity index (χ0) is 22.9. The summed E-state index contributed by atoms with van der Waals surface area (Å²) in [7, 11) is 0. The van der Waals surface area contributed by atoms with Crippen molar-refractivity contribution in [3.8, 4) is 6.07 Å². The highest BCUT2D eigenvalue weighted by Gasteiger charge is 2.29. The fraction of sp³-hybridized carbons (Fsp3) is 0.545. The van der Waals surface area contributed by atoms with Gasteiger partial charge >= 0.3 is 6.03 Å². The van der Waals surface area contributed by atoms with Crippen molar-refractivity contribution in [1.29, 1.82) is 5.26 Å². The summed E-state index contributed by atoms with van der Waals surface area (Å²) in [5.74, 6) is -0.447. The lowest BCUT2D eigenvalue weighted by atomic mass is 9.88. The monoisotopic (exact) mass is 429 g/mol. The maximum absolute atomic E-state index is 12.9. The topological polar surface area (TPSA) is 135 Å². The van der Waals surface area contributed by atoms with Gasteiger partial charge in [0.2, 0.25) is 5.91 Å². The van der Waals surface area contributed by atoms with E-state index >= 15 is 0 Å². The van der Waals surface area contributed by atoms with Crippen LogP contribution in [0.4, 0.5) is 10.5 Å². The average molecular weight is 430 g/mol. The molecule has 0 aliphatic heterocycles. The second-order valence-electron chi connectivity index (χ2n) is 8.80. The number of urea groups is 1. The van der Waals surface area contributed by atoms with E-state index in [1.807, 2.05) is 19.9 Å². The van der Waals surface area contributed by atoms with Crippen LogP contribution in [0.2, 0.25) is 0 Å². The Bertz CT molecular complexity index is 827. The number of anilines is 1. The largest absolute Gasteiger partial charge is 0.337 e. The number of nitrogens with zero attached hydrogens (tertiary/aromatic N) is 2. The molecule has 31 heavy (non-hydrogen) atoms. The van der Waals surface area contributed by atoms with Crippen molar-refractivity contribution >= 4 is 23.5 Å². The molecule has 1 saturated carbocycles. The molecule has 1 aromatic carbocycles. The Kier molecular flexibility index (Phi) is 8.82. The first kappa shape index (κ1) is 24.2. The summed E-state index contributed by atoms with van der Waals surface area (Å²) in [6.45, 7) is 4.27. The van der Waals surface area contributed by atoms with Gasteiger partial charge in [-0.15, -0.1) is 0 Å². The summed E-state index contributed by atoms with van der Waals surface area (Å²) >= 11 is 0. The quantitative estimate of drug-likeness (QED) is 0.354. The molecule has 0 aromatic heterocycles. The minimum Gasteiger partial charge on any atom is -0.337 e. The number of rotatable bonds is 9. The second-order valence-corrected chi connectivity index (χ2v) is 8.80. The van der Waals surface area contributed by atoms with Crippen LogP contribution < -0.4 is 16.1 Å². The van der Waals surface area contributed by atoms with Gasteiger partial charge in [-0.1, -0.05) is 32.8 Å². The van der Waals surface area contributed by atoms with E-state index in [0.717, 1.165) is 25.7 Å². The summed E-state index contributed by atoms with van der Waals surface area (Å²) in [5, 5.41) is 23.2. The molecular formula is C22H31N5O4. The van der Waals surface area contributed by atoms with Gasteiger partial charge in [-0.2, -0.15) is 5.26 Å². The predicted octanol–water partition coefficient (Wildman–Crippen LogP) is 2.62. The highest BCUT2D eigenvalue weighted by atomic mass is 16.5. The molecule has 2 rings (SSSR count). The zero-order valence-electron chi connectivity index (χ0n) is 18.1. The summed E-state index contributed by atoms with van der Waals surface area (Å²) in [6, 6.07) is 8.16. The Morgan fingerprint density at radius 3 is 2.61 bits per heavy atom. The van der Waals surface area contributed by atoms with Crippen LogP contribution in [-0.2, 0) is 9.59 Å². The molecular weight excluding hydrogens is 398 g/mol. The first-order chi connectivity index (χ1) is 14.7. The highest BCUT2D eigenvalue weighted by Crippen LogP contribution is 2.27. The van der Waals surface area contributed by atoms with Crippen LogP contribution in [0.15, 0.2) is 24.3 Å². The van der Waals surface area contributed by atoms with E-state index in [0.29, 0.717) is 23.7 Å². The maximum Gasteiger partial charge on any atom is 0.319 e. The molecule has 0 saturated heterocycles. The van der Waals surface area contributed by atoms with Crippen LogP contribution in [-0.4, -0.2) is 47.6 Å². The van der Waals surface area contributed by atoms with E-state index in [9.17, 15) is 14.4 Å². The van der Waals surface area contributed by atoms with E-state index < -0.39 is 17.4 Å². The lowest BCUT2D eigenvalue weighted by molar-refractivity contribution is -0.141. The van der Waals surface area contributed by atoms with Crippen molar-refractivity contribution in [3.63, 3.8) is 0 Å². The van der Waals surface area contributed by atoms with Crippen LogP contribution in [0, 0.1) is 22.7 Å². The molecule has 4 amide bonds. The number of hydroxylamine groups is 1. The number of amides is 4. The Balaban J connectivity index is 1.89. The second kappa shape index (κ2) is 11.3. The maximum atomic E-state index is 12.9. The number of nitriles is 1. The summed E-state index contributed by atoms with van der Waals surface area (Å²) < 4.78 is 0. The van der Waals surface area contributed by atoms with Gasteiger partial charge in [-0.25, -0.2) is 10.3 Å². The Morgan fingerprint density at radius 1 is 1.26 bits per heavy atom. The van der Waals surface area contributed by atoms with E-state index in [-0.39, 0.29) is 25.4 Å². The van der Waals surface area contributed by atoms with Gasteiger partial charge in [-0.3, -0.25) is 14.8 Å². The zero-order valence-corrected chi connectivity index (χ0v) is 18.1. The molecule has 1 aromatic rings. The van der Waals surface area contributed by atoms with Gasteiger partial charge < -0.3 is 15.5 Å². The Morgan fingerprint density at radius 2 is 1.97 bits per heavy atom. The van der Waals surface area contributed by atoms with Crippen molar-refractivity contribution in [2.45, 2.75) is 46.0 Å². The molecule has 0 spiro atoms. The van der Waals surface area contributed by atoms with Gasteiger partial charge in [0.15, 0.2) is 0 Å². The molecule has 0 atom stereocenters. The van der Waals surface area contributed by atoms with Crippen LogP contribution in [0.3, 0.4) is 0 Å². The van der Waals surface area contributed by atoms with Crippen LogP contribution in [0.5, 0.6) is 0 Å². The Hall–Kier alpha value is -3.12. The standard InChI is InChI=1S/C22H31N5O4/c1-22(2,15-24-21(30)25-18-9-5-8-17(10-18)12-23)11-20(29)27(14-19(28)26-31)13-16-6-3-4-7-16/h5,8-10,16,31H,3-4,6-7,11,13-15H2,1-2H3,(H,26,28)(H2,24,25,30). The van der Waals surface area contributed by atoms with Crippen LogP contribution >= 0.6 is 0 Å². The van der Waals surface area contributed by atoms with Gasteiger partial charge in [0.1, 0.15) is 6.54 Å². The third-order valence-corrected chi connectivity index (χ3v) is 5.37. The number of benzene rings is 1. The molecule has 4 N–H and O–H groups in total. The predicted molar refractivity (Wildman–Crippen MR) is 115 cm³/mol. The first-order valence-corrected chi connectivity index (χ1v) is 10.5. The Labute approximate surface area is 182 Å². The van der Waals surface area contributed by atoms with E-state index in [1.165, 1.54) is 4.90 Å². The third-order valence-electron chi connectivity index (χ3n) is 5.37. The molecule has 0 unspecified atom stereocenters. The van der Waals surface area contributed by atoms with E-state index in [4.69, 9.17) is 10.5 Å². The number of nitrogens with one attached hydrogen (secondary N) is 3. The molecule has 0 radical (unpaired) electrons. The molecule has 1 aliphatic carbocycles. The molecule has 1 fully saturated rings. The van der Waals surface area contributed by atoms with Crippen molar-refractivity contribution < 1.29 is 19.6 Å². The number of carbonyl (C=O) groups is 3. The normalized spacial score (nSPS) is 13.9. The van der Waals surface area contributed by atoms with Crippen LogP contribution in [0.25, 0.3) is 0 Å². The van der Waals surface area contributed by atoms with Gasteiger partial charge in [0, 0.05) is 25.2 Å². The summed E-state index contributed by atoms with van der Waals surface area (Å²) in [4.78, 5) is 38.3. The molecule has 9 nitrogen and oxygen atoms in total. The fourth-order valence-electron chi connectivity index (χ4n) is 3.71. The highest BCUT2D eigenvalue weighted by molar-refractivity contribution is 5.89. The van der Waals surface area contributed by atoms with Crippen molar-refractivity contribution in [3.05, 3.63) is 29.8 Å². The minimum absolute atomic E-state index is 0.141. The molecule has 168 valence electrons. The molecule has 9 heteroatoms. The van der Waals surface area contributed by atoms with Crippen molar-refractivity contribution in [2.24, 2.45) is 11.3 Å². The van der Waals surface area contributed by atoms with Crippen molar-refractivity contribution in [1.82, 2.24) is 15.7 Å². The SMILES string of the molecule is CC(C)(CNC(=O)Nc1cccc(C#N)c1)CC(=O)N(CC(=O)NO)CC1CCCC1. The average Bonchev–Trinajstić information content (AvgIpc) is 3.24. The van der Waals surface area contributed by atoms with Crippen molar-refractivity contribution in [2.75, 3.05) is 25.0 Å². The summed E-state index contributed by atoms with van der Waals surface area (Å²) in [5.41, 5.74) is 1.99. The number of hydrogen-bond acceptors (Lipinski definition) is 5. The number of hydrogen-bond donors (Lipinski definition) is 4. The minimum atomic E-state index is -0.624. The smallest absolute Gasteiger partial charge is 0.319 e. The number of carbonyl (C=O) groups excluding carboxylic acids is 3. The molecule has 1 aliphatic rings. The van der Waals surface area contributed by atoms with Gasteiger partial charge in [0.25, 0.3) is 5.91 Å². The molecule has 0 bridgehead atoms. The lowest BCUT2D eigenvalue weighted by Crippen LogP contribution is -2.45. The van der Waals surface area contributed by atoms with Crippen LogP contribution in [0.1, 0.15) is 51.5 Å². The van der Waals surface area contributed by atoms with Gasteiger partial charge in [-0.05, 0) is 42.4 Å². The van der Waals surface area contributed by atoms with Gasteiger partial charge in [0.05, 0.1) is 11.6 Å². The van der Waals surface area contributed by atoms with E-state index in [1.54, 1.807) is 29.7 Å². The fourth-order valence-corrected chi connectivity index (χ4v) is 3.71. The first-order valence-electron chi connectivity index (χ1n) is 10.5. The lowest BCUT2D eigenvalue weighted by Gasteiger charge is -2.30.